The minimum atomic E-state index is -0.00736. The van der Waals surface area contributed by atoms with Crippen LogP contribution in [0.4, 0.5) is 0 Å². The maximum absolute atomic E-state index is 10.9. The Morgan fingerprint density at radius 3 is 3.00 bits per heavy atom. The molecule has 0 amide bonds. The molecule has 1 aliphatic rings. The third-order valence-electron chi connectivity index (χ3n) is 2.63. The van der Waals surface area contributed by atoms with E-state index in [2.05, 4.69) is 13.8 Å². The van der Waals surface area contributed by atoms with Gasteiger partial charge < -0.3 is 4.74 Å². The minimum absolute atomic E-state index is 0.00736. The summed E-state index contributed by atoms with van der Waals surface area (Å²) in [6.07, 6.45) is 5.27. The van der Waals surface area contributed by atoms with E-state index in [4.69, 9.17) is 4.74 Å². The second-order valence-electron chi connectivity index (χ2n) is 4.41. The van der Waals surface area contributed by atoms with E-state index >= 15 is 0 Å². The molecule has 0 aliphatic carbocycles. The fourth-order valence-corrected chi connectivity index (χ4v) is 1.70. The Morgan fingerprint density at radius 1 is 1.54 bits per heavy atom. The standard InChI is InChI=1S/C11H20O2/c1-9(2)6-7-10-4-3-5-11(12)13-8-10/h9-10H,3-8H2,1-2H3. The Hall–Kier alpha value is -0.530. The van der Waals surface area contributed by atoms with Crippen LogP contribution in [0.5, 0.6) is 0 Å². The molecule has 0 radical (unpaired) electrons. The molecule has 0 bridgehead atoms. The summed E-state index contributed by atoms with van der Waals surface area (Å²) in [5.41, 5.74) is 0. The third kappa shape index (κ3) is 4.30. The highest BCUT2D eigenvalue weighted by Gasteiger charge is 2.17. The van der Waals surface area contributed by atoms with Gasteiger partial charge in [0.05, 0.1) is 6.61 Å². The second-order valence-corrected chi connectivity index (χ2v) is 4.41. The SMILES string of the molecule is CC(C)CCC1CCCC(=O)OC1. The Bertz CT molecular complexity index is 163. The average Bonchev–Trinajstić information content (AvgIpc) is 2.27. The lowest BCUT2D eigenvalue weighted by Gasteiger charge is -2.14. The zero-order chi connectivity index (χ0) is 9.68. The van der Waals surface area contributed by atoms with E-state index in [-0.39, 0.29) is 5.97 Å². The van der Waals surface area contributed by atoms with E-state index in [0.29, 0.717) is 18.9 Å². The summed E-state index contributed by atoms with van der Waals surface area (Å²) < 4.78 is 5.11. The van der Waals surface area contributed by atoms with E-state index < -0.39 is 0 Å². The van der Waals surface area contributed by atoms with Gasteiger partial charge in [0, 0.05) is 6.42 Å². The Morgan fingerprint density at radius 2 is 2.31 bits per heavy atom. The normalized spacial score (nSPS) is 24.2. The molecule has 1 fully saturated rings. The number of hydrogen-bond acceptors (Lipinski definition) is 2. The summed E-state index contributed by atoms with van der Waals surface area (Å²) in [6, 6.07) is 0. The monoisotopic (exact) mass is 184 g/mol. The number of carbonyl (C=O) groups excluding carboxylic acids is 1. The number of ether oxygens (including phenoxy) is 1. The highest BCUT2D eigenvalue weighted by Crippen LogP contribution is 2.21. The number of rotatable bonds is 3. The molecule has 1 unspecified atom stereocenters. The van der Waals surface area contributed by atoms with E-state index in [1.54, 1.807) is 0 Å². The van der Waals surface area contributed by atoms with Crippen molar-refractivity contribution in [3.63, 3.8) is 0 Å². The molecule has 13 heavy (non-hydrogen) atoms. The zero-order valence-electron chi connectivity index (χ0n) is 8.71. The predicted octanol–water partition coefficient (Wildman–Crippen LogP) is 2.77. The first-order chi connectivity index (χ1) is 6.18. The van der Waals surface area contributed by atoms with Crippen LogP contribution in [0.2, 0.25) is 0 Å². The van der Waals surface area contributed by atoms with Gasteiger partial charge in [-0.3, -0.25) is 4.79 Å². The number of cyclic esters (lactones) is 1. The second kappa shape index (κ2) is 5.25. The summed E-state index contributed by atoms with van der Waals surface area (Å²) in [5.74, 6) is 1.37. The maximum Gasteiger partial charge on any atom is 0.305 e. The highest BCUT2D eigenvalue weighted by molar-refractivity contribution is 5.69. The van der Waals surface area contributed by atoms with Gasteiger partial charge in [-0.2, -0.15) is 0 Å². The van der Waals surface area contributed by atoms with Crippen molar-refractivity contribution < 1.29 is 9.53 Å². The average molecular weight is 184 g/mol. The summed E-state index contributed by atoms with van der Waals surface area (Å²) in [5, 5.41) is 0. The molecule has 1 rings (SSSR count). The van der Waals surface area contributed by atoms with Crippen LogP contribution in [0.3, 0.4) is 0 Å². The molecule has 0 N–H and O–H groups in total. The molecule has 2 nitrogen and oxygen atoms in total. The topological polar surface area (TPSA) is 26.3 Å². The zero-order valence-corrected chi connectivity index (χ0v) is 8.71. The summed E-state index contributed by atoms with van der Waals surface area (Å²) in [6.45, 7) is 5.14. The van der Waals surface area contributed by atoms with E-state index in [1.165, 1.54) is 19.3 Å². The lowest BCUT2D eigenvalue weighted by molar-refractivity contribution is -0.143. The minimum Gasteiger partial charge on any atom is -0.465 e. The van der Waals surface area contributed by atoms with E-state index in [1.807, 2.05) is 0 Å². The summed E-state index contributed by atoms with van der Waals surface area (Å²) in [4.78, 5) is 10.9. The van der Waals surface area contributed by atoms with E-state index in [9.17, 15) is 4.79 Å². The van der Waals surface area contributed by atoms with Crippen molar-refractivity contribution in [2.45, 2.75) is 46.0 Å². The molecular formula is C11H20O2. The van der Waals surface area contributed by atoms with Gasteiger partial charge in [-0.1, -0.05) is 20.3 Å². The molecule has 1 aliphatic heterocycles. The molecule has 0 aromatic carbocycles. The molecule has 2 heteroatoms. The van der Waals surface area contributed by atoms with Crippen LogP contribution in [0.25, 0.3) is 0 Å². The molecule has 76 valence electrons. The lowest BCUT2D eigenvalue weighted by Crippen LogP contribution is -2.10. The maximum atomic E-state index is 10.9. The van der Waals surface area contributed by atoms with Crippen LogP contribution < -0.4 is 0 Å². The number of carbonyl (C=O) groups is 1. The first-order valence-corrected chi connectivity index (χ1v) is 5.34. The van der Waals surface area contributed by atoms with Crippen LogP contribution in [0, 0.1) is 11.8 Å². The van der Waals surface area contributed by atoms with Gasteiger partial charge >= 0.3 is 5.97 Å². The molecule has 1 atom stereocenters. The van der Waals surface area contributed by atoms with Crippen LogP contribution in [0.1, 0.15) is 46.0 Å². The number of esters is 1. The summed E-state index contributed by atoms with van der Waals surface area (Å²) >= 11 is 0. The molecule has 0 saturated carbocycles. The van der Waals surface area contributed by atoms with Gasteiger partial charge in [0.15, 0.2) is 0 Å². The lowest BCUT2D eigenvalue weighted by atomic mass is 9.94. The van der Waals surface area contributed by atoms with Gasteiger partial charge in [0.25, 0.3) is 0 Å². The third-order valence-corrected chi connectivity index (χ3v) is 2.63. The van der Waals surface area contributed by atoms with Crippen molar-refractivity contribution in [3.8, 4) is 0 Å². The van der Waals surface area contributed by atoms with Crippen LogP contribution in [-0.4, -0.2) is 12.6 Å². The van der Waals surface area contributed by atoms with Crippen molar-refractivity contribution in [3.05, 3.63) is 0 Å². The molecule has 0 aromatic heterocycles. The predicted molar refractivity (Wildman–Crippen MR) is 52.4 cm³/mol. The van der Waals surface area contributed by atoms with Crippen molar-refractivity contribution in [1.82, 2.24) is 0 Å². The van der Waals surface area contributed by atoms with Crippen molar-refractivity contribution in [1.29, 1.82) is 0 Å². The van der Waals surface area contributed by atoms with Crippen LogP contribution in [0.15, 0.2) is 0 Å². The number of hydrogen-bond donors (Lipinski definition) is 0. The molecule has 1 heterocycles. The van der Waals surface area contributed by atoms with Crippen LogP contribution in [-0.2, 0) is 9.53 Å². The van der Waals surface area contributed by atoms with Gasteiger partial charge in [0.2, 0.25) is 0 Å². The summed E-state index contributed by atoms with van der Waals surface area (Å²) in [7, 11) is 0. The fourth-order valence-electron chi connectivity index (χ4n) is 1.70. The van der Waals surface area contributed by atoms with Crippen molar-refractivity contribution >= 4 is 5.97 Å². The Kier molecular flexibility index (Phi) is 4.26. The Labute approximate surface area is 80.7 Å². The van der Waals surface area contributed by atoms with Gasteiger partial charge in [-0.25, -0.2) is 0 Å². The molecule has 1 saturated heterocycles. The molecule has 0 aromatic rings. The van der Waals surface area contributed by atoms with Gasteiger partial charge in [-0.05, 0) is 31.1 Å². The highest BCUT2D eigenvalue weighted by atomic mass is 16.5. The molecule has 0 spiro atoms. The van der Waals surface area contributed by atoms with E-state index in [0.717, 1.165) is 12.3 Å². The van der Waals surface area contributed by atoms with Crippen LogP contribution >= 0.6 is 0 Å². The first kappa shape index (κ1) is 10.6. The molecular weight excluding hydrogens is 164 g/mol. The Balaban J connectivity index is 2.22. The fraction of sp³-hybridized carbons (Fsp3) is 0.909. The van der Waals surface area contributed by atoms with Crippen molar-refractivity contribution in [2.24, 2.45) is 11.8 Å². The van der Waals surface area contributed by atoms with Gasteiger partial charge in [0.1, 0.15) is 0 Å². The largest absolute Gasteiger partial charge is 0.465 e. The quantitative estimate of drug-likeness (QED) is 0.630. The first-order valence-electron chi connectivity index (χ1n) is 5.34. The van der Waals surface area contributed by atoms with Crippen molar-refractivity contribution in [2.75, 3.05) is 6.61 Å². The smallest absolute Gasteiger partial charge is 0.305 e. The van der Waals surface area contributed by atoms with Gasteiger partial charge in [-0.15, -0.1) is 0 Å².